The van der Waals surface area contributed by atoms with Gasteiger partial charge in [-0.25, -0.2) is 9.59 Å². The van der Waals surface area contributed by atoms with Crippen LogP contribution in [-0.4, -0.2) is 47.4 Å². The molecular formula is C26H24N2O6. The van der Waals surface area contributed by atoms with E-state index in [1.165, 1.54) is 6.07 Å². The molecule has 174 valence electrons. The zero-order chi connectivity index (χ0) is 24.2. The van der Waals surface area contributed by atoms with Crippen molar-refractivity contribution in [1.82, 2.24) is 5.32 Å². The van der Waals surface area contributed by atoms with Crippen molar-refractivity contribution in [3.63, 3.8) is 0 Å². The van der Waals surface area contributed by atoms with Crippen molar-refractivity contribution in [2.45, 2.75) is 18.9 Å². The lowest BCUT2D eigenvalue weighted by atomic mass is 9.98. The molecule has 1 atom stereocenters. The maximum absolute atomic E-state index is 12.6. The van der Waals surface area contributed by atoms with E-state index in [2.05, 4.69) is 10.6 Å². The Bertz CT molecular complexity index is 1210. The topological polar surface area (TPSA) is 125 Å². The van der Waals surface area contributed by atoms with Crippen LogP contribution < -0.4 is 10.6 Å². The smallest absolute Gasteiger partial charge is 0.411 e. The molecule has 3 aromatic rings. The van der Waals surface area contributed by atoms with Gasteiger partial charge in [0.2, 0.25) is 0 Å². The number of hydrogen-bond acceptors (Lipinski definition) is 5. The van der Waals surface area contributed by atoms with Gasteiger partial charge in [0, 0.05) is 5.92 Å². The van der Waals surface area contributed by atoms with E-state index in [1.807, 2.05) is 48.5 Å². The highest BCUT2D eigenvalue weighted by Crippen LogP contribution is 2.44. The molecular weight excluding hydrogens is 436 g/mol. The number of aliphatic hydroxyl groups is 1. The standard InChI is InChI=1S/C26H24N2O6/c1-15-10-11-22(20(12-15)24(30)27-23(13-29)25(31)32)28-26(33)34-14-21-18-8-4-2-6-16(18)17-7-3-5-9-19(17)21/h2-12,21,23,29H,13-14H2,1H3,(H,27,30)(H,28,33)(H,31,32). The Kier molecular flexibility index (Phi) is 6.60. The first-order valence-corrected chi connectivity index (χ1v) is 10.8. The minimum absolute atomic E-state index is 0.0632. The highest BCUT2D eigenvalue weighted by molar-refractivity contribution is 6.04. The van der Waals surface area contributed by atoms with Crippen molar-refractivity contribution in [1.29, 1.82) is 0 Å². The molecule has 1 unspecified atom stereocenters. The van der Waals surface area contributed by atoms with E-state index in [4.69, 9.17) is 9.84 Å². The summed E-state index contributed by atoms with van der Waals surface area (Å²) in [5.74, 6) is -2.21. The third-order valence-corrected chi connectivity index (χ3v) is 5.79. The quantitative estimate of drug-likeness (QED) is 0.428. The monoisotopic (exact) mass is 460 g/mol. The summed E-state index contributed by atoms with van der Waals surface area (Å²) in [5, 5.41) is 23.1. The van der Waals surface area contributed by atoms with Crippen molar-refractivity contribution in [2.75, 3.05) is 18.5 Å². The molecule has 0 saturated carbocycles. The van der Waals surface area contributed by atoms with Gasteiger partial charge in [-0.15, -0.1) is 0 Å². The fourth-order valence-electron chi connectivity index (χ4n) is 4.12. The Morgan fingerprint density at radius 3 is 2.18 bits per heavy atom. The molecule has 3 aromatic carbocycles. The molecule has 0 radical (unpaired) electrons. The first-order valence-electron chi connectivity index (χ1n) is 10.8. The number of aryl methyl sites for hydroxylation is 1. The van der Waals surface area contributed by atoms with Crippen LogP contribution in [0, 0.1) is 6.92 Å². The van der Waals surface area contributed by atoms with Crippen LogP contribution in [0.3, 0.4) is 0 Å². The molecule has 1 aliphatic rings. The molecule has 0 bridgehead atoms. The number of carboxylic acid groups (broad SMARTS) is 1. The third kappa shape index (κ3) is 4.62. The van der Waals surface area contributed by atoms with Gasteiger partial charge >= 0.3 is 12.1 Å². The van der Waals surface area contributed by atoms with Gasteiger partial charge in [-0.3, -0.25) is 10.1 Å². The Balaban J connectivity index is 1.48. The Morgan fingerprint density at radius 2 is 1.59 bits per heavy atom. The van der Waals surface area contributed by atoms with E-state index in [9.17, 15) is 19.5 Å². The van der Waals surface area contributed by atoms with Crippen molar-refractivity contribution in [2.24, 2.45) is 0 Å². The predicted octanol–water partition coefficient (Wildman–Crippen LogP) is 3.53. The van der Waals surface area contributed by atoms with Crippen LogP contribution in [0.1, 0.15) is 33.0 Å². The third-order valence-electron chi connectivity index (χ3n) is 5.79. The summed E-state index contributed by atoms with van der Waals surface area (Å²) in [4.78, 5) is 36.4. The number of benzene rings is 3. The van der Waals surface area contributed by atoms with Gasteiger partial charge in [0.1, 0.15) is 6.61 Å². The molecule has 4 N–H and O–H groups in total. The van der Waals surface area contributed by atoms with Crippen LogP contribution in [0.4, 0.5) is 10.5 Å². The predicted molar refractivity (Wildman–Crippen MR) is 126 cm³/mol. The van der Waals surface area contributed by atoms with Gasteiger partial charge in [0.15, 0.2) is 6.04 Å². The second kappa shape index (κ2) is 9.76. The van der Waals surface area contributed by atoms with Crippen molar-refractivity contribution >= 4 is 23.7 Å². The van der Waals surface area contributed by atoms with Gasteiger partial charge in [-0.2, -0.15) is 0 Å². The van der Waals surface area contributed by atoms with Crippen molar-refractivity contribution in [3.05, 3.63) is 89.0 Å². The summed E-state index contributed by atoms with van der Waals surface area (Å²) in [6.45, 7) is 1.11. The van der Waals surface area contributed by atoms with Crippen LogP contribution in [0.15, 0.2) is 66.7 Å². The van der Waals surface area contributed by atoms with Crippen LogP contribution >= 0.6 is 0 Å². The Labute approximate surface area is 196 Å². The number of fused-ring (bicyclic) bond motifs is 3. The maximum Gasteiger partial charge on any atom is 0.411 e. The largest absolute Gasteiger partial charge is 0.480 e. The van der Waals surface area contributed by atoms with E-state index >= 15 is 0 Å². The zero-order valence-corrected chi connectivity index (χ0v) is 18.4. The number of anilines is 1. The highest BCUT2D eigenvalue weighted by atomic mass is 16.5. The number of carboxylic acids is 1. The number of aliphatic carboxylic acids is 1. The van der Waals surface area contributed by atoms with Crippen LogP contribution in [0.5, 0.6) is 0 Å². The van der Waals surface area contributed by atoms with Gasteiger partial charge in [0.25, 0.3) is 5.91 Å². The summed E-state index contributed by atoms with van der Waals surface area (Å²) in [5.41, 5.74) is 5.35. The van der Waals surface area contributed by atoms with Crippen LogP contribution in [-0.2, 0) is 9.53 Å². The molecule has 0 aromatic heterocycles. The molecule has 2 amide bonds. The van der Waals surface area contributed by atoms with Crippen molar-refractivity contribution in [3.8, 4) is 11.1 Å². The average molecular weight is 460 g/mol. The van der Waals surface area contributed by atoms with E-state index < -0.39 is 30.6 Å². The number of hydrogen-bond donors (Lipinski definition) is 4. The number of aliphatic hydroxyl groups excluding tert-OH is 1. The summed E-state index contributed by atoms with van der Waals surface area (Å²) in [6.07, 6.45) is -0.739. The molecule has 8 nitrogen and oxygen atoms in total. The molecule has 0 saturated heterocycles. The van der Waals surface area contributed by atoms with Crippen molar-refractivity contribution < 1.29 is 29.3 Å². The second-order valence-electron chi connectivity index (χ2n) is 8.05. The van der Waals surface area contributed by atoms with Crippen LogP contribution in [0.25, 0.3) is 11.1 Å². The maximum atomic E-state index is 12.6. The van der Waals surface area contributed by atoms with Gasteiger partial charge in [-0.05, 0) is 41.3 Å². The number of ether oxygens (including phenoxy) is 1. The molecule has 8 heteroatoms. The Hall–Kier alpha value is -4.17. The number of carbonyl (C=O) groups is 3. The molecule has 0 spiro atoms. The summed E-state index contributed by atoms with van der Waals surface area (Å²) in [7, 11) is 0. The minimum atomic E-state index is -1.46. The highest BCUT2D eigenvalue weighted by Gasteiger charge is 2.29. The molecule has 0 heterocycles. The summed E-state index contributed by atoms with van der Waals surface area (Å²) in [6, 6.07) is 19.3. The normalized spacial score (nSPS) is 12.9. The number of nitrogens with one attached hydrogen (secondary N) is 2. The minimum Gasteiger partial charge on any atom is -0.480 e. The molecule has 0 aliphatic heterocycles. The lowest BCUT2D eigenvalue weighted by molar-refractivity contribution is -0.140. The average Bonchev–Trinajstić information content (AvgIpc) is 3.15. The lowest BCUT2D eigenvalue weighted by Crippen LogP contribution is -2.43. The van der Waals surface area contributed by atoms with Gasteiger partial charge in [0.05, 0.1) is 17.9 Å². The van der Waals surface area contributed by atoms with Gasteiger partial charge < -0.3 is 20.3 Å². The van der Waals surface area contributed by atoms with Crippen LogP contribution in [0.2, 0.25) is 0 Å². The Morgan fingerprint density at radius 1 is 0.971 bits per heavy atom. The van der Waals surface area contributed by atoms with E-state index in [0.717, 1.165) is 27.8 Å². The number of rotatable bonds is 7. The molecule has 34 heavy (non-hydrogen) atoms. The number of carbonyl (C=O) groups excluding carboxylic acids is 2. The van der Waals surface area contributed by atoms with Gasteiger partial charge in [-0.1, -0.05) is 60.2 Å². The molecule has 0 fully saturated rings. The fourth-order valence-corrected chi connectivity index (χ4v) is 4.12. The zero-order valence-electron chi connectivity index (χ0n) is 18.4. The number of amides is 2. The fraction of sp³-hybridized carbons (Fsp3) is 0.192. The van der Waals surface area contributed by atoms with E-state index in [0.29, 0.717) is 0 Å². The van der Waals surface area contributed by atoms with E-state index in [-0.39, 0.29) is 23.8 Å². The molecule has 1 aliphatic carbocycles. The SMILES string of the molecule is Cc1ccc(NC(=O)OCC2c3ccccc3-c3ccccc32)c(C(=O)NC(CO)C(=O)O)c1. The first-order chi connectivity index (χ1) is 16.4. The summed E-state index contributed by atoms with van der Waals surface area (Å²) >= 11 is 0. The second-order valence-corrected chi connectivity index (χ2v) is 8.05. The summed E-state index contributed by atoms with van der Waals surface area (Å²) < 4.78 is 5.53. The molecule has 4 rings (SSSR count). The van der Waals surface area contributed by atoms with E-state index in [1.54, 1.807) is 19.1 Å². The lowest BCUT2D eigenvalue weighted by Gasteiger charge is -2.17. The first kappa shape index (κ1) is 23.0.